The highest BCUT2D eigenvalue weighted by Crippen LogP contribution is 2.27. The topological polar surface area (TPSA) is 129 Å². The van der Waals surface area contributed by atoms with Crippen LogP contribution in [0.15, 0.2) is 30.7 Å². The number of aryl methyl sites for hydroxylation is 1. The number of likely N-dealkylation sites (tertiary alicyclic amines) is 1. The van der Waals surface area contributed by atoms with Gasteiger partial charge in [-0.3, -0.25) is 9.58 Å². The molecule has 17 heteroatoms. The fraction of sp³-hybridized carbons (Fsp3) is 0.560. The van der Waals surface area contributed by atoms with Gasteiger partial charge in [-0.15, -0.1) is 0 Å². The summed E-state index contributed by atoms with van der Waals surface area (Å²) < 4.78 is 67.4. The SMILES string of the molecule is CCn1cc(CN2CCCC(c3nc4ccc(N5CCCC5)cn4n3)C2)cn1.O=C(O)C(F)(F)F.O=C(O)C(F)(F)F. The second kappa shape index (κ2) is 13.8. The molecule has 5 heterocycles. The molecule has 0 saturated carbocycles. The van der Waals surface area contributed by atoms with Crippen LogP contribution >= 0.6 is 0 Å². The highest BCUT2D eigenvalue weighted by molar-refractivity contribution is 5.73. The van der Waals surface area contributed by atoms with Crippen molar-refractivity contribution in [2.45, 2.75) is 64.0 Å². The Bertz CT molecular complexity index is 1310. The Balaban J connectivity index is 0.000000289. The van der Waals surface area contributed by atoms with E-state index in [2.05, 4.69) is 46.3 Å². The van der Waals surface area contributed by atoms with E-state index in [1.54, 1.807) is 0 Å². The van der Waals surface area contributed by atoms with E-state index in [1.165, 1.54) is 36.9 Å². The predicted octanol–water partition coefficient (Wildman–Crippen LogP) is 4.19. The van der Waals surface area contributed by atoms with Crippen LogP contribution in [-0.4, -0.2) is 90.0 Å². The molecule has 2 N–H and O–H groups in total. The maximum atomic E-state index is 10.6. The van der Waals surface area contributed by atoms with Crippen molar-refractivity contribution in [1.82, 2.24) is 29.3 Å². The van der Waals surface area contributed by atoms with Crippen LogP contribution in [0, 0.1) is 0 Å². The molecule has 2 aliphatic heterocycles. The molecule has 1 atom stereocenters. The van der Waals surface area contributed by atoms with Crippen LogP contribution < -0.4 is 4.90 Å². The van der Waals surface area contributed by atoms with Gasteiger partial charge in [-0.25, -0.2) is 19.1 Å². The lowest BCUT2D eigenvalue weighted by Gasteiger charge is -2.30. The van der Waals surface area contributed by atoms with Crippen molar-refractivity contribution in [3.05, 3.63) is 42.1 Å². The molecule has 0 spiro atoms. The number of anilines is 1. The fourth-order valence-electron chi connectivity index (χ4n) is 4.55. The third kappa shape index (κ3) is 9.32. The maximum absolute atomic E-state index is 10.6. The number of nitrogens with zero attached hydrogens (tertiary/aromatic N) is 7. The predicted molar refractivity (Wildman–Crippen MR) is 137 cm³/mol. The number of hydrogen-bond donors (Lipinski definition) is 2. The van der Waals surface area contributed by atoms with E-state index in [0.717, 1.165) is 50.7 Å². The van der Waals surface area contributed by atoms with Crippen molar-refractivity contribution in [3.8, 4) is 0 Å². The van der Waals surface area contributed by atoms with Crippen LogP contribution in [0.4, 0.5) is 32.0 Å². The number of pyridine rings is 1. The van der Waals surface area contributed by atoms with Gasteiger partial charge in [0.25, 0.3) is 0 Å². The summed E-state index contributed by atoms with van der Waals surface area (Å²) in [5.41, 5.74) is 3.51. The fourth-order valence-corrected chi connectivity index (χ4v) is 4.55. The highest BCUT2D eigenvalue weighted by Gasteiger charge is 2.39. The van der Waals surface area contributed by atoms with E-state index >= 15 is 0 Å². The Morgan fingerprint density at radius 3 is 2.12 bits per heavy atom. The number of aromatic nitrogens is 5. The first-order valence-corrected chi connectivity index (χ1v) is 13.1. The number of hydrogen-bond acceptors (Lipinski definition) is 7. The number of carboxylic acid groups (broad SMARTS) is 2. The molecular weight excluding hydrogens is 576 g/mol. The number of alkyl halides is 6. The lowest BCUT2D eigenvalue weighted by atomic mass is 9.97. The third-order valence-electron chi connectivity index (χ3n) is 6.58. The van der Waals surface area contributed by atoms with E-state index in [0.29, 0.717) is 5.92 Å². The van der Waals surface area contributed by atoms with Crippen molar-refractivity contribution in [1.29, 1.82) is 0 Å². The van der Waals surface area contributed by atoms with Crippen LogP contribution in [-0.2, 0) is 22.7 Å². The molecule has 232 valence electrons. The number of carboxylic acids is 2. The van der Waals surface area contributed by atoms with Crippen LogP contribution in [0.25, 0.3) is 5.65 Å². The third-order valence-corrected chi connectivity index (χ3v) is 6.58. The molecule has 0 bridgehead atoms. The molecular formula is C25H31F6N7O4. The smallest absolute Gasteiger partial charge is 0.475 e. The molecule has 3 aromatic rings. The number of rotatable bonds is 5. The first-order chi connectivity index (χ1) is 19.7. The largest absolute Gasteiger partial charge is 0.490 e. The lowest BCUT2D eigenvalue weighted by molar-refractivity contribution is -0.193. The molecule has 3 aromatic heterocycles. The van der Waals surface area contributed by atoms with Crippen LogP contribution in [0.2, 0.25) is 0 Å². The second-order valence-corrected chi connectivity index (χ2v) is 9.74. The van der Waals surface area contributed by atoms with Gasteiger partial charge in [0.05, 0.1) is 18.1 Å². The zero-order valence-electron chi connectivity index (χ0n) is 22.6. The van der Waals surface area contributed by atoms with Crippen molar-refractivity contribution < 1.29 is 46.1 Å². The standard InChI is InChI=1S/C21H29N7.2C2HF3O2/c1-2-27-14-17(12-22-27)13-25-9-5-6-18(15-25)21-23-20-8-7-19(16-28(20)24-21)26-10-3-4-11-26;2*3-2(4,5)1(6)7/h7-8,12,14,16,18H,2-6,9-11,13,15H2,1H3;2*(H,6,7). The number of aliphatic carboxylic acids is 2. The van der Waals surface area contributed by atoms with Gasteiger partial charge in [-0.05, 0) is 51.3 Å². The van der Waals surface area contributed by atoms with Gasteiger partial charge in [-0.1, -0.05) is 0 Å². The van der Waals surface area contributed by atoms with E-state index in [4.69, 9.17) is 29.9 Å². The summed E-state index contributed by atoms with van der Waals surface area (Å²) in [6.07, 6.45) is 1.08. The maximum Gasteiger partial charge on any atom is 0.490 e. The Morgan fingerprint density at radius 1 is 0.952 bits per heavy atom. The molecule has 0 aromatic carbocycles. The van der Waals surface area contributed by atoms with E-state index in [1.807, 2.05) is 15.4 Å². The molecule has 0 aliphatic carbocycles. The summed E-state index contributed by atoms with van der Waals surface area (Å²) >= 11 is 0. The first-order valence-electron chi connectivity index (χ1n) is 13.1. The zero-order chi connectivity index (χ0) is 31.1. The van der Waals surface area contributed by atoms with Gasteiger partial charge < -0.3 is 15.1 Å². The Morgan fingerprint density at radius 2 is 1.57 bits per heavy atom. The number of carbonyl (C=O) groups is 2. The summed E-state index contributed by atoms with van der Waals surface area (Å²) in [7, 11) is 0. The second-order valence-electron chi connectivity index (χ2n) is 9.74. The van der Waals surface area contributed by atoms with Crippen LogP contribution in [0.1, 0.15) is 49.9 Å². The molecule has 5 rings (SSSR count). The molecule has 0 amide bonds. The molecule has 1 unspecified atom stereocenters. The minimum atomic E-state index is -5.08. The normalized spacial score (nSPS) is 17.8. The van der Waals surface area contributed by atoms with Crippen molar-refractivity contribution in [3.63, 3.8) is 0 Å². The molecule has 2 fully saturated rings. The van der Waals surface area contributed by atoms with Gasteiger partial charge >= 0.3 is 24.3 Å². The Labute approximate surface area is 236 Å². The van der Waals surface area contributed by atoms with Gasteiger partial charge in [0, 0.05) is 50.4 Å². The van der Waals surface area contributed by atoms with Crippen molar-refractivity contribution in [2.75, 3.05) is 31.1 Å². The summed E-state index contributed by atoms with van der Waals surface area (Å²) in [5.74, 6) is -4.11. The van der Waals surface area contributed by atoms with E-state index in [9.17, 15) is 26.3 Å². The summed E-state index contributed by atoms with van der Waals surface area (Å²) in [4.78, 5) is 27.6. The zero-order valence-corrected chi connectivity index (χ0v) is 22.6. The van der Waals surface area contributed by atoms with Gasteiger partial charge in [0.1, 0.15) is 0 Å². The Hall–Kier alpha value is -3.89. The average molecular weight is 608 g/mol. The van der Waals surface area contributed by atoms with Crippen molar-refractivity contribution in [2.24, 2.45) is 0 Å². The molecule has 0 radical (unpaired) electrons. The summed E-state index contributed by atoms with van der Waals surface area (Å²) in [5, 5.41) is 23.5. The van der Waals surface area contributed by atoms with Crippen molar-refractivity contribution >= 4 is 23.3 Å². The molecule has 2 saturated heterocycles. The van der Waals surface area contributed by atoms with Crippen LogP contribution in [0.3, 0.4) is 0 Å². The van der Waals surface area contributed by atoms with E-state index < -0.39 is 24.3 Å². The average Bonchev–Trinajstić information content (AvgIpc) is 3.69. The monoisotopic (exact) mass is 607 g/mol. The summed E-state index contributed by atoms with van der Waals surface area (Å²) in [6.45, 7) is 8.47. The molecule has 42 heavy (non-hydrogen) atoms. The van der Waals surface area contributed by atoms with Gasteiger partial charge in [0.15, 0.2) is 11.5 Å². The minimum Gasteiger partial charge on any atom is -0.475 e. The minimum absolute atomic E-state index is 0.408. The number of halogens is 6. The van der Waals surface area contributed by atoms with E-state index in [-0.39, 0.29) is 0 Å². The summed E-state index contributed by atoms with van der Waals surface area (Å²) in [6, 6.07) is 4.31. The quantitative estimate of drug-likeness (QED) is 0.410. The van der Waals surface area contributed by atoms with Gasteiger partial charge in [0.2, 0.25) is 0 Å². The lowest BCUT2D eigenvalue weighted by Crippen LogP contribution is -2.34. The molecule has 2 aliphatic rings. The highest BCUT2D eigenvalue weighted by atomic mass is 19.4. The molecule has 11 nitrogen and oxygen atoms in total. The number of piperidine rings is 1. The van der Waals surface area contributed by atoms with Crippen LogP contribution in [0.5, 0.6) is 0 Å². The van der Waals surface area contributed by atoms with Gasteiger partial charge in [-0.2, -0.15) is 36.5 Å². The number of fused-ring (bicyclic) bond motifs is 1. The first kappa shape index (κ1) is 32.6. The Kier molecular flexibility index (Phi) is 10.8.